The lowest BCUT2D eigenvalue weighted by Gasteiger charge is -2.23. The minimum Gasteiger partial charge on any atom is -0.396 e. The van der Waals surface area contributed by atoms with Crippen LogP contribution in [0.25, 0.3) is 17.2 Å². The number of rotatable bonds is 13. The number of methoxy groups -OCH3 is 1. The van der Waals surface area contributed by atoms with Gasteiger partial charge in [0.15, 0.2) is 0 Å². The van der Waals surface area contributed by atoms with E-state index >= 15 is 0 Å². The molecule has 0 radical (unpaired) electrons. The zero-order chi connectivity index (χ0) is 28.6. The van der Waals surface area contributed by atoms with Gasteiger partial charge in [0.1, 0.15) is 12.1 Å². The van der Waals surface area contributed by atoms with Gasteiger partial charge in [-0.3, -0.25) is 4.79 Å². The summed E-state index contributed by atoms with van der Waals surface area (Å²) in [5.41, 5.74) is 11.3. The molecule has 8 nitrogen and oxygen atoms in total. The maximum atomic E-state index is 13.1. The highest BCUT2D eigenvalue weighted by molar-refractivity contribution is 6.05. The smallest absolute Gasteiger partial charge is 0.250 e. The van der Waals surface area contributed by atoms with Gasteiger partial charge in [-0.05, 0) is 68.7 Å². The minimum absolute atomic E-state index is 0.0534. The van der Waals surface area contributed by atoms with Gasteiger partial charge in [0.05, 0.1) is 5.69 Å². The van der Waals surface area contributed by atoms with E-state index in [9.17, 15) is 9.59 Å². The number of carbonyl (C=O) groups is 2. The molecule has 1 heterocycles. The van der Waals surface area contributed by atoms with Crippen molar-refractivity contribution in [2.24, 2.45) is 10.7 Å². The zero-order valence-corrected chi connectivity index (χ0v) is 23.9. The summed E-state index contributed by atoms with van der Waals surface area (Å²) in [4.78, 5) is 32.3. The molecule has 0 unspecified atom stereocenters. The molecule has 0 saturated heterocycles. The predicted molar refractivity (Wildman–Crippen MR) is 159 cm³/mol. The van der Waals surface area contributed by atoms with Crippen LogP contribution < -0.4 is 5.73 Å². The normalized spacial score (nSPS) is 12.5. The number of amides is 1. The van der Waals surface area contributed by atoms with Crippen molar-refractivity contribution in [1.82, 2.24) is 9.80 Å². The third-order valence-corrected chi connectivity index (χ3v) is 6.20. The molecule has 2 aromatic rings. The van der Waals surface area contributed by atoms with Gasteiger partial charge in [-0.1, -0.05) is 43.3 Å². The van der Waals surface area contributed by atoms with Crippen molar-refractivity contribution in [2.75, 3.05) is 54.1 Å². The number of aliphatic hydroxyl groups excluding tert-OH is 1. The topological polar surface area (TPSA) is 108 Å². The molecule has 0 spiro atoms. The van der Waals surface area contributed by atoms with Gasteiger partial charge in [0.25, 0.3) is 0 Å². The number of hydrogen-bond donors (Lipinski definition) is 2. The fraction of sp³-hybridized carbons (Fsp3) is 0.452. The van der Waals surface area contributed by atoms with Gasteiger partial charge in [-0.25, -0.2) is 4.99 Å². The van der Waals surface area contributed by atoms with Crippen LogP contribution in [0.5, 0.6) is 0 Å². The minimum atomic E-state index is -0.0591. The number of aldehydes is 1. The average molecular weight is 537 g/mol. The fourth-order valence-corrected chi connectivity index (χ4v) is 4.21. The number of nitrogens with zero attached hydrogens (tertiary/aromatic N) is 3. The Hall–Kier alpha value is -3.33. The average Bonchev–Trinajstić information content (AvgIpc) is 3.09. The molecule has 1 aliphatic rings. The van der Waals surface area contributed by atoms with Crippen LogP contribution in [-0.4, -0.2) is 87.0 Å². The van der Waals surface area contributed by atoms with Crippen LogP contribution in [0.1, 0.15) is 43.7 Å². The zero-order valence-electron chi connectivity index (χ0n) is 23.9. The van der Waals surface area contributed by atoms with E-state index in [1.807, 2.05) is 55.5 Å². The first-order valence-corrected chi connectivity index (χ1v) is 13.6. The van der Waals surface area contributed by atoms with E-state index < -0.39 is 0 Å². The van der Waals surface area contributed by atoms with E-state index in [1.54, 1.807) is 12.0 Å². The van der Waals surface area contributed by atoms with Crippen LogP contribution in [-0.2, 0) is 20.7 Å². The molecule has 0 aliphatic carbocycles. The van der Waals surface area contributed by atoms with Crippen molar-refractivity contribution < 1.29 is 19.4 Å². The van der Waals surface area contributed by atoms with Crippen LogP contribution >= 0.6 is 0 Å². The number of ether oxygens (including phenoxy) is 1. The second kappa shape index (κ2) is 17.3. The van der Waals surface area contributed by atoms with Crippen LogP contribution in [0.15, 0.2) is 53.0 Å². The number of nitrogens with two attached hydrogens (primary N) is 1. The molecule has 1 amide bonds. The van der Waals surface area contributed by atoms with Crippen molar-refractivity contribution in [3.05, 3.63) is 59.2 Å². The van der Waals surface area contributed by atoms with E-state index in [0.717, 1.165) is 60.2 Å². The molecule has 0 atom stereocenters. The van der Waals surface area contributed by atoms with Gasteiger partial charge in [-0.15, -0.1) is 0 Å². The van der Waals surface area contributed by atoms with Gasteiger partial charge < -0.3 is 30.2 Å². The summed E-state index contributed by atoms with van der Waals surface area (Å²) in [5, 5.41) is 9.15. The number of amidine groups is 1. The Labute approximate surface area is 233 Å². The Morgan fingerprint density at radius 2 is 1.79 bits per heavy atom. The number of fused-ring (bicyclic) bond motifs is 1. The van der Waals surface area contributed by atoms with Crippen LogP contribution in [0, 0.1) is 0 Å². The molecule has 1 aliphatic heterocycles. The molecule has 3 rings (SSSR count). The highest BCUT2D eigenvalue weighted by atomic mass is 16.5. The number of aliphatic hydroxyl groups is 1. The molecule has 8 heteroatoms. The Kier molecular flexibility index (Phi) is 14.1. The van der Waals surface area contributed by atoms with Gasteiger partial charge in [0, 0.05) is 57.4 Å². The lowest BCUT2D eigenvalue weighted by atomic mass is 9.99. The summed E-state index contributed by atoms with van der Waals surface area (Å²) in [7, 11) is 5.86. The maximum absolute atomic E-state index is 13.1. The summed E-state index contributed by atoms with van der Waals surface area (Å²) in [5.74, 6) is 0.339. The number of benzene rings is 2. The SMILES string of the molecule is CCCN(CCCO)C(=O)C1=Cc2ccc(-c3ccc(CC=O)cc3)cc2N=C(N)C1.COCCCN(C)C. The lowest BCUT2D eigenvalue weighted by molar-refractivity contribution is -0.127. The molecule has 0 saturated carbocycles. The molecular weight excluding hydrogens is 492 g/mol. The predicted octanol–water partition coefficient (Wildman–Crippen LogP) is 4.08. The van der Waals surface area contributed by atoms with E-state index in [2.05, 4.69) is 24.0 Å². The Morgan fingerprint density at radius 3 is 2.41 bits per heavy atom. The molecular formula is C31H44N4O4. The van der Waals surface area contributed by atoms with E-state index in [-0.39, 0.29) is 12.5 Å². The first kappa shape index (κ1) is 31.9. The van der Waals surface area contributed by atoms with Crippen molar-refractivity contribution in [3.63, 3.8) is 0 Å². The van der Waals surface area contributed by atoms with E-state index in [4.69, 9.17) is 15.6 Å². The Morgan fingerprint density at radius 1 is 1.08 bits per heavy atom. The van der Waals surface area contributed by atoms with Crippen molar-refractivity contribution in [1.29, 1.82) is 0 Å². The molecule has 39 heavy (non-hydrogen) atoms. The van der Waals surface area contributed by atoms with E-state index in [1.165, 1.54) is 0 Å². The monoisotopic (exact) mass is 536 g/mol. The highest BCUT2D eigenvalue weighted by Crippen LogP contribution is 2.32. The number of carbonyl (C=O) groups excluding carboxylic acids is 2. The quantitative estimate of drug-likeness (QED) is 0.295. The second-order valence-corrected chi connectivity index (χ2v) is 9.81. The summed E-state index contributed by atoms with van der Waals surface area (Å²) < 4.78 is 4.87. The summed E-state index contributed by atoms with van der Waals surface area (Å²) in [6.07, 6.45) is 5.99. The third-order valence-electron chi connectivity index (χ3n) is 6.20. The molecule has 0 bridgehead atoms. The third kappa shape index (κ3) is 10.8. The van der Waals surface area contributed by atoms with Crippen LogP contribution in [0.3, 0.4) is 0 Å². The molecule has 2 aromatic carbocycles. The van der Waals surface area contributed by atoms with Crippen molar-refractivity contribution in [3.8, 4) is 11.1 Å². The molecule has 212 valence electrons. The molecule has 0 aromatic heterocycles. The van der Waals surface area contributed by atoms with Gasteiger partial charge >= 0.3 is 0 Å². The van der Waals surface area contributed by atoms with Crippen molar-refractivity contribution >= 4 is 29.8 Å². The largest absolute Gasteiger partial charge is 0.396 e. The summed E-state index contributed by atoms with van der Waals surface area (Å²) >= 11 is 0. The van der Waals surface area contributed by atoms with Gasteiger partial charge in [-0.2, -0.15) is 0 Å². The van der Waals surface area contributed by atoms with Crippen LogP contribution in [0.4, 0.5) is 5.69 Å². The van der Waals surface area contributed by atoms with Gasteiger partial charge in [0.2, 0.25) is 5.91 Å². The number of aliphatic imine (C=N–C) groups is 1. The number of hydrogen-bond acceptors (Lipinski definition) is 7. The second-order valence-electron chi connectivity index (χ2n) is 9.81. The first-order chi connectivity index (χ1) is 18.8. The Balaban J connectivity index is 0.000000580. The fourth-order valence-electron chi connectivity index (χ4n) is 4.21. The summed E-state index contributed by atoms with van der Waals surface area (Å²) in [6, 6.07) is 13.8. The summed E-state index contributed by atoms with van der Waals surface area (Å²) in [6.45, 7) is 5.23. The maximum Gasteiger partial charge on any atom is 0.250 e. The van der Waals surface area contributed by atoms with E-state index in [0.29, 0.717) is 43.8 Å². The lowest BCUT2D eigenvalue weighted by Crippen LogP contribution is -2.35. The van der Waals surface area contributed by atoms with Crippen molar-refractivity contribution in [2.45, 2.75) is 39.0 Å². The van der Waals surface area contributed by atoms with Crippen LogP contribution in [0.2, 0.25) is 0 Å². The standard InChI is InChI=1S/C25H29N3O3.C6H15NO/c1-2-11-28(12-3-13-29)25(31)22-15-21-9-8-20(16-23(21)27-24(26)17-22)19-6-4-18(5-7-19)10-14-30;1-7(2)5-4-6-8-3/h4-9,14-16,29H,2-3,10-13,17H2,1H3,(H2,26,27);4-6H2,1-3H3. The highest BCUT2D eigenvalue weighted by Gasteiger charge is 2.21. The Bertz CT molecular complexity index is 1110. The first-order valence-electron chi connectivity index (χ1n) is 13.6. The molecule has 0 fully saturated rings. The molecule has 3 N–H and O–H groups in total.